The average molecular weight is 422 g/mol. The van der Waals surface area contributed by atoms with Crippen LogP contribution in [-0.4, -0.2) is 49.0 Å². The van der Waals surface area contributed by atoms with Gasteiger partial charge in [0.05, 0.1) is 4.21 Å². The number of nitrogens with zero attached hydrogens (tertiary/aromatic N) is 1. The van der Waals surface area contributed by atoms with E-state index in [0.717, 1.165) is 16.3 Å². The van der Waals surface area contributed by atoms with Crippen molar-refractivity contribution in [2.24, 2.45) is 0 Å². The lowest BCUT2D eigenvalue weighted by atomic mass is 10.1. The summed E-state index contributed by atoms with van der Waals surface area (Å²) in [7, 11) is -3.56. The summed E-state index contributed by atoms with van der Waals surface area (Å²) in [5, 5.41) is 12.2. The lowest BCUT2D eigenvalue weighted by Gasteiger charge is -2.31. The number of nitrogens with one attached hydrogen (secondary N) is 2. The summed E-state index contributed by atoms with van der Waals surface area (Å²) in [6.45, 7) is 9.61. The van der Waals surface area contributed by atoms with Crippen LogP contribution in [0.1, 0.15) is 52.1 Å². The molecule has 148 valence electrons. The summed E-state index contributed by atoms with van der Waals surface area (Å²) in [5.74, 6) is -0.798. The van der Waals surface area contributed by atoms with Crippen molar-refractivity contribution in [3.63, 3.8) is 0 Å². The highest BCUT2D eigenvalue weighted by molar-refractivity contribution is 7.99. The van der Waals surface area contributed by atoms with Gasteiger partial charge in [0.2, 0.25) is 0 Å². The van der Waals surface area contributed by atoms with Crippen molar-refractivity contribution in [2.45, 2.75) is 60.5 Å². The standard InChI is InChI=1S/C16H27N3O4S3/c1-5-17-12-10-19(8-6-7-13(20)21)25-15-11(12)9-14(24-15)26(22,23)18-16(2,3)4/h9,12,17-18H,5-8,10H2,1-4H3,(H,20,21)/t12-/m0/s1. The predicted molar refractivity (Wildman–Crippen MR) is 105 cm³/mol. The molecule has 1 atom stereocenters. The molecule has 0 spiro atoms. The van der Waals surface area contributed by atoms with Crippen LogP contribution in [0.5, 0.6) is 0 Å². The quantitative estimate of drug-likeness (QED) is 0.555. The molecule has 0 amide bonds. The average Bonchev–Trinajstić information content (AvgIpc) is 2.90. The fraction of sp³-hybridized carbons (Fsp3) is 0.688. The van der Waals surface area contributed by atoms with Gasteiger partial charge in [-0.2, -0.15) is 0 Å². The van der Waals surface area contributed by atoms with Crippen LogP contribution in [0.4, 0.5) is 0 Å². The molecule has 3 N–H and O–H groups in total. The van der Waals surface area contributed by atoms with Gasteiger partial charge >= 0.3 is 5.97 Å². The number of hydrogen-bond donors (Lipinski definition) is 3. The van der Waals surface area contributed by atoms with Crippen molar-refractivity contribution < 1.29 is 18.3 Å². The second-order valence-electron chi connectivity index (χ2n) is 7.25. The van der Waals surface area contributed by atoms with Gasteiger partial charge < -0.3 is 10.4 Å². The minimum atomic E-state index is -3.56. The monoisotopic (exact) mass is 421 g/mol. The van der Waals surface area contributed by atoms with Crippen molar-refractivity contribution in [1.82, 2.24) is 14.3 Å². The van der Waals surface area contributed by atoms with Gasteiger partial charge in [0.25, 0.3) is 10.0 Å². The first-order valence-corrected chi connectivity index (χ1v) is 11.6. The molecule has 7 nitrogen and oxygen atoms in total. The molecule has 1 aliphatic rings. The Bertz CT molecular complexity index is 740. The van der Waals surface area contributed by atoms with Crippen LogP contribution >= 0.6 is 23.3 Å². The number of sulfonamides is 1. The number of carbonyl (C=O) groups is 1. The molecule has 1 aromatic heterocycles. The number of carboxylic acids is 1. The third-order valence-electron chi connectivity index (χ3n) is 3.63. The van der Waals surface area contributed by atoms with E-state index in [2.05, 4.69) is 14.3 Å². The second-order valence-corrected chi connectivity index (χ2v) is 11.6. The van der Waals surface area contributed by atoms with Gasteiger partial charge in [0.15, 0.2) is 0 Å². The van der Waals surface area contributed by atoms with E-state index in [9.17, 15) is 13.2 Å². The number of aliphatic carboxylic acids is 1. The Labute approximate surface area is 163 Å². The predicted octanol–water partition coefficient (Wildman–Crippen LogP) is 2.66. The molecule has 1 aliphatic heterocycles. The van der Waals surface area contributed by atoms with E-state index in [4.69, 9.17) is 5.11 Å². The van der Waals surface area contributed by atoms with E-state index in [-0.39, 0.29) is 12.5 Å². The van der Waals surface area contributed by atoms with Crippen LogP contribution in [-0.2, 0) is 14.8 Å². The lowest BCUT2D eigenvalue weighted by molar-refractivity contribution is -0.137. The Morgan fingerprint density at radius 3 is 2.69 bits per heavy atom. The van der Waals surface area contributed by atoms with Crippen molar-refractivity contribution in [3.05, 3.63) is 11.6 Å². The molecular formula is C16H27N3O4S3. The summed E-state index contributed by atoms with van der Waals surface area (Å²) in [4.78, 5) is 10.7. The first-order chi connectivity index (χ1) is 12.0. The molecule has 0 fully saturated rings. The molecule has 0 saturated heterocycles. The molecule has 1 aromatic rings. The van der Waals surface area contributed by atoms with Gasteiger partial charge in [-0.05, 0) is 57.3 Å². The Balaban J connectivity index is 2.22. The zero-order valence-electron chi connectivity index (χ0n) is 15.5. The van der Waals surface area contributed by atoms with Crippen LogP contribution in [0.3, 0.4) is 0 Å². The summed E-state index contributed by atoms with van der Waals surface area (Å²) < 4.78 is 31.4. The second kappa shape index (κ2) is 8.57. The first-order valence-electron chi connectivity index (χ1n) is 8.57. The van der Waals surface area contributed by atoms with Gasteiger partial charge in [-0.25, -0.2) is 17.4 Å². The third-order valence-corrected chi connectivity index (χ3v) is 8.27. The van der Waals surface area contributed by atoms with Gasteiger partial charge in [0, 0.05) is 31.1 Å². The topological polar surface area (TPSA) is 98.7 Å². The van der Waals surface area contributed by atoms with Crippen molar-refractivity contribution in [3.8, 4) is 0 Å². The molecule has 0 saturated carbocycles. The summed E-state index contributed by atoms with van der Waals surface area (Å²) >= 11 is 2.79. The maximum absolute atomic E-state index is 12.6. The number of thiophene rings is 1. The highest BCUT2D eigenvalue weighted by Crippen LogP contribution is 2.44. The normalized spacial score (nSPS) is 18.7. The SMILES string of the molecule is CCN[C@H]1CN(CCCC(=O)O)Sc2sc(S(=O)(=O)NC(C)(C)C)cc21. The fourth-order valence-corrected chi connectivity index (χ4v) is 7.25. The maximum Gasteiger partial charge on any atom is 0.303 e. The van der Waals surface area contributed by atoms with Crippen LogP contribution in [0.15, 0.2) is 14.5 Å². The van der Waals surface area contributed by atoms with E-state index >= 15 is 0 Å². The zero-order chi connectivity index (χ0) is 19.5. The van der Waals surface area contributed by atoms with Gasteiger partial charge in [-0.1, -0.05) is 6.92 Å². The fourth-order valence-electron chi connectivity index (χ4n) is 2.69. The number of fused-ring (bicyclic) bond motifs is 1. The minimum Gasteiger partial charge on any atom is -0.481 e. The van der Waals surface area contributed by atoms with Crippen LogP contribution in [0, 0.1) is 0 Å². The largest absolute Gasteiger partial charge is 0.481 e. The van der Waals surface area contributed by atoms with E-state index in [1.165, 1.54) is 23.3 Å². The molecule has 0 aliphatic carbocycles. The number of likely N-dealkylation sites (N-methyl/N-ethyl adjacent to an activating group) is 1. The van der Waals surface area contributed by atoms with E-state index < -0.39 is 21.5 Å². The van der Waals surface area contributed by atoms with Crippen LogP contribution < -0.4 is 10.0 Å². The van der Waals surface area contributed by atoms with Crippen LogP contribution in [0.2, 0.25) is 0 Å². The highest BCUT2D eigenvalue weighted by atomic mass is 32.3. The number of carboxylic acid groups (broad SMARTS) is 1. The molecule has 10 heteroatoms. The smallest absolute Gasteiger partial charge is 0.303 e. The van der Waals surface area contributed by atoms with Crippen molar-refractivity contribution in [2.75, 3.05) is 19.6 Å². The Hall–Kier alpha value is -0.650. The maximum atomic E-state index is 12.6. The molecule has 0 unspecified atom stereocenters. The van der Waals surface area contributed by atoms with E-state index in [1.807, 2.05) is 27.7 Å². The molecule has 0 bridgehead atoms. The summed E-state index contributed by atoms with van der Waals surface area (Å²) in [6, 6.07) is 1.80. The van der Waals surface area contributed by atoms with E-state index in [1.54, 1.807) is 6.07 Å². The molecule has 0 radical (unpaired) electrons. The van der Waals surface area contributed by atoms with Crippen molar-refractivity contribution >= 4 is 39.3 Å². The highest BCUT2D eigenvalue weighted by Gasteiger charge is 2.32. The molecular weight excluding hydrogens is 394 g/mol. The molecule has 26 heavy (non-hydrogen) atoms. The Morgan fingerprint density at radius 1 is 1.42 bits per heavy atom. The number of rotatable bonds is 8. The zero-order valence-corrected chi connectivity index (χ0v) is 18.0. The van der Waals surface area contributed by atoms with Gasteiger partial charge in [-0.15, -0.1) is 11.3 Å². The molecule has 0 aromatic carbocycles. The first kappa shape index (κ1) is 21.6. The number of hydrogen-bond acceptors (Lipinski definition) is 7. The molecule has 2 rings (SSSR count). The van der Waals surface area contributed by atoms with Crippen molar-refractivity contribution in [1.29, 1.82) is 0 Å². The summed E-state index contributed by atoms with van der Waals surface area (Å²) in [6.07, 6.45) is 0.702. The third kappa shape index (κ3) is 5.93. The van der Waals surface area contributed by atoms with Crippen LogP contribution in [0.25, 0.3) is 0 Å². The Morgan fingerprint density at radius 2 is 2.12 bits per heavy atom. The Kier molecular flexibility index (Phi) is 7.14. The van der Waals surface area contributed by atoms with Gasteiger partial charge in [0.1, 0.15) is 4.21 Å². The minimum absolute atomic E-state index is 0.0379. The summed E-state index contributed by atoms with van der Waals surface area (Å²) in [5.41, 5.74) is 0.464. The lowest BCUT2D eigenvalue weighted by Crippen LogP contribution is -2.40. The molecule has 2 heterocycles. The van der Waals surface area contributed by atoms with Gasteiger partial charge in [-0.3, -0.25) is 4.79 Å². The van der Waals surface area contributed by atoms with E-state index in [0.29, 0.717) is 23.7 Å².